The summed E-state index contributed by atoms with van der Waals surface area (Å²) < 4.78 is 23.1. The molecule has 0 aliphatic rings. The van der Waals surface area contributed by atoms with Crippen LogP contribution in [0.5, 0.6) is 0 Å². The normalized spacial score (nSPS) is 11.6. The summed E-state index contributed by atoms with van der Waals surface area (Å²) in [5.74, 6) is 0. The van der Waals surface area contributed by atoms with Crippen LogP contribution < -0.4 is 5.56 Å². The zero-order chi connectivity index (χ0) is 10.8. The van der Waals surface area contributed by atoms with Gasteiger partial charge in [-0.3, -0.25) is 4.79 Å². The van der Waals surface area contributed by atoms with Gasteiger partial charge in [-0.15, -0.1) is 0 Å². The second kappa shape index (κ2) is 4.10. The second-order valence-electron chi connectivity index (χ2n) is 2.67. The van der Waals surface area contributed by atoms with Gasteiger partial charge in [-0.05, 0) is 6.42 Å². The Morgan fingerprint density at radius 2 is 2.21 bits per heavy atom. The number of rotatable bonds is 3. The number of hydrogen-bond acceptors (Lipinski definition) is 4. The lowest BCUT2D eigenvalue weighted by atomic mass is 10.5. The van der Waals surface area contributed by atoms with Crippen molar-refractivity contribution in [1.82, 2.24) is 9.55 Å². The largest absolute Gasteiger partial charge is 0.311 e. The van der Waals surface area contributed by atoms with Crippen molar-refractivity contribution in [2.45, 2.75) is 24.9 Å². The van der Waals surface area contributed by atoms with Crippen LogP contribution in [0, 0.1) is 0 Å². The van der Waals surface area contributed by atoms with Crippen LogP contribution in [0.1, 0.15) is 13.3 Å². The van der Waals surface area contributed by atoms with Gasteiger partial charge in [0.05, 0.1) is 0 Å². The Morgan fingerprint density at radius 1 is 1.57 bits per heavy atom. The van der Waals surface area contributed by atoms with E-state index in [1.54, 1.807) is 0 Å². The van der Waals surface area contributed by atoms with Crippen molar-refractivity contribution in [2.24, 2.45) is 0 Å². The van der Waals surface area contributed by atoms with E-state index in [4.69, 9.17) is 10.7 Å². The van der Waals surface area contributed by atoms with Gasteiger partial charge in [0, 0.05) is 29.6 Å². The predicted molar refractivity (Wildman–Crippen MR) is 51.8 cm³/mol. The highest BCUT2D eigenvalue weighted by molar-refractivity contribution is 8.13. The first kappa shape index (κ1) is 11.2. The Balaban J connectivity index is 3.36. The molecule has 0 fully saturated rings. The number of aromatic nitrogens is 2. The maximum absolute atomic E-state index is 11.4. The molecule has 1 rings (SSSR count). The van der Waals surface area contributed by atoms with Gasteiger partial charge in [0.15, 0.2) is 0 Å². The van der Waals surface area contributed by atoms with Crippen molar-refractivity contribution in [3.8, 4) is 0 Å². The van der Waals surface area contributed by atoms with Crippen LogP contribution in [0.25, 0.3) is 0 Å². The first-order valence-corrected chi connectivity index (χ1v) is 6.28. The highest BCUT2D eigenvalue weighted by atomic mass is 35.7. The average Bonchev–Trinajstić information content (AvgIpc) is 2.07. The van der Waals surface area contributed by atoms with E-state index in [1.807, 2.05) is 6.92 Å². The van der Waals surface area contributed by atoms with Gasteiger partial charge in [0.1, 0.15) is 0 Å². The van der Waals surface area contributed by atoms with E-state index in [1.165, 1.54) is 17.0 Å². The monoisotopic (exact) mass is 236 g/mol. The van der Waals surface area contributed by atoms with E-state index in [0.717, 1.165) is 6.42 Å². The van der Waals surface area contributed by atoms with E-state index in [9.17, 15) is 13.2 Å². The van der Waals surface area contributed by atoms with Crippen molar-refractivity contribution in [3.05, 3.63) is 22.7 Å². The van der Waals surface area contributed by atoms with Gasteiger partial charge >= 0.3 is 0 Å². The van der Waals surface area contributed by atoms with Gasteiger partial charge < -0.3 is 4.57 Å². The fourth-order valence-corrected chi connectivity index (χ4v) is 1.84. The van der Waals surface area contributed by atoms with Crippen molar-refractivity contribution in [3.63, 3.8) is 0 Å². The van der Waals surface area contributed by atoms with Crippen LogP contribution in [0.4, 0.5) is 0 Å². The molecule has 0 saturated heterocycles. The topological polar surface area (TPSA) is 69.0 Å². The third-order valence-electron chi connectivity index (χ3n) is 1.58. The summed E-state index contributed by atoms with van der Waals surface area (Å²) in [5, 5.41) is -0.616. The molecule has 0 spiro atoms. The van der Waals surface area contributed by atoms with Crippen LogP contribution in [0.2, 0.25) is 0 Å². The Hall–Kier alpha value is -0.880. The number of aryl methyl sites for hydroxylation is 1. The second-order valence-corrected chi connectivity index (χ2v) is 5.15. The van der Waals surface area contributed by atoms with Gasteiger partial charge in [-0.1, -0.05) is 6.92 Å². The van der Waals surface area contributed by atoms with Crippen LogP contribution in [-0.4, -0.2) is 18.0 Å². The number of halogens is 1. The first-order valence-electron chi connectivity index (χ1n) is 3.97. The van der Waals surface area contributed by atoms with E-state index in [2.05, 4.69) is 4.98 Å². The summed E-state index contributed by atoms with van der Waals surface area (Å²) in [6.07, 6.45) is 3.40. The van der Waals surface area contributed by atoms with E-state index in [-0.39, 0.29) is 0 Å². The van der Waals surface area contributed by atoms with Crippen molar-refractivity contribution in [2.75, 3.05) is 0 Å². The number of nitrogens with zero attached hydrogens (tertiary/aromatic N) is 2. The van der Waals surface area contributed by atoms with Gasteiger partial charge in [-0.2, -0.15) is 0 Å². The Bertz CT molecular complexity index is 480. The lowest BCUT2D eigenvalue weighted by molar-refractivity contribution is 0.591. The van der Waals surface area contributed by atoms with Gasteiger partial charge in [-0.25, -0.2) is 13.4 Å². The minimum Gasteiger partial charge on any atom is -0.311 e. The summed E-state index contributed by atoms with van der Waals surface area (Å²) in [6.45, 7) is 2.32. The molecule has 0 amide bonds. The van der Waals surface area contributed by atoms with Crippen LogP contribution in [0.3, 0.4) is 0 Å². The zero-order valence-corrected chi connectivity index (χ0v) is 9.05. The molecule has 1 aromatic rings. The first-order chi connectivity index (χ1) is 6.46. The SMILES string of the molecule is CCCn1ccnc(S(=O)(=O)Cl)c1=O. The molecule has 14 heavy (non-hydrogen) atoms. The quantitative estimate of drug-likeness (QED) is 0.720. The summed E-state index contributed by atoms with van der Waals surface area (Å²) in [5.41, 5.74) is -0.677. The molecule has 0 bridgehead atoms. The smallest absolute Gasteiger partial charge is 0.289 e. The third kappa shape index (κ3) is 2.33. The zero-order valence-electron chi connectivity index (χ0n) is 7.47. The van der Waals surface area contributed by atoms with Crippen LogP contribution >= 0.6 is 10.7 Å². The minimum absolute atomic E-state index is 0.445. The summed E-state index contributed by atoms with van der Waals surface area (Å²) in [6, 6.07) is 0. The molecular weight excluding hydrogens is 228 g/mol. The highest BCUT2D eigenvalue weighted by Crippen LogP contribution is 2.05. The standard InChI is InChI=1S/C7H9ClN2O3S/c1-2-4-10-5-3-9-6(7(10)11)14(8,12)13/h3,5H,2,4H2,1H3. The van der Waals surface area contributed by atoms with Gasteiger partial charge in [0.25, 0.3) is 14.6 Å². The molecule has 0 unspecified atom stereocenters. The molecule has 7 heteroatoms. The minimum atomic E-state index is -4.05. The van der Waals surface area contributed by atoms with Crippen molar-refractivity contribution in [1.29, 1.82) is 0 Å². The molecule has 0 saturated carbocycles. The summed E-state index contributed by atoms with van der Waals surface area (Å²) >= 11 is 0. The Morgan fingerprint density at radius 3 is 2.71 bits per heavy atom. The molecular formula is C7H9ClN2O3S. The van der Waals surface area contributed by atoms with Crippen molar-refractivity contribution >= 4 is 19.7 Å². The average molecular weight is 237 g/mol. The Labute approximate surface area is 85.8 Å². The fourth-order valence-electron chi connectivity index (χ4n) is 1.01. The maximum Gasteiger partial charge on any atom is 0.289 e. The molecule has 0 N–H and O–H groups in total. The molecule has 0 atom stereocenters. The predicted octanol–water partition coefficient (Wildman–Crippen LogP) is 0.581. The molecule has 0 aromatic carbocycles. The maximum atomic E-state index is 11.4. The van der Waals surface area contributed by atoms with E-state index < -0.39 is 19.6 Å². The van der Waals surface area contributed by atoms with Gasteiger partial charge in [0.2, 0.25) is 5.03 Å². The number of hydrogen-bond donors (Lipinski definition) is 0. The molecule has 0 radical (unpaired) electrons. The molecule has 78 valence electrons. The van der Waals surface area contributed by atoms with Crippen LogP contribution in [0.15, 0.2) is 22.2 Å². The summed E-state index contributed by atoms with van der Waals surface area (Å²) in [7, 11) is 0.986. The summed E-state index contributed by atoms with van der Waals surface area (Å²) in [4.78, 5) is 14.9. The molecule has 1 heterocycles. The highest BCUT2D eigenvalue weighted by Gasteiger charge is 2.17. The molecule has 0 aliphatic heterocycles. The third-order valence-corrected chi connectivity index (χ3v) is 2.76. The molecule has 0 aliphatic carbocycles. The molecule has 5 nitrogen and oxygen atoms in total. The van der Waals surface area contributed by atoms with E-state index in [0.29, 0.717) is 6.54 Å². The lowest BCUT2D eigenvalue weighted by Gasteiger charge is -2.02. The van der Waals surface area contributed by atoms with Crippen LogP contribution in [-0.2, 0) is 15.6 Å². The molecule has 1 aromatic heterocycles. The fraction of sp³-hybridized carbons (Fsp3) is 0.429. The Kier molecular flexibility index (Phi) is 3.28. The van der Waals surface area contributed by atoms with Crippen molar-refractivity contribution < 1.29 is 8.42 Å². The lowest BCUT2D eigenvalue weighted by Crippen LogP contribution is -2.25. The van der Waals surface area contributed by atoms with E-state index >= 15 is 0 Å².